The van der Waals surface area contributed by atoms with Crippen molar-refractivity contribution in [3.8, 4) is 11.5 Å². The minimum atomic E-state index is -0.558. The van der Waals surface area contributed by atoms with Crippen molar-refractivity contribution < 1.29 is 23.9 Å². The molecule has 7 nitrogen and oxygen atoms in total. The zero-order valence-corrected chi connectivity index (χ0v) is 23.0. The highest BCUT2D eigenvalue weighted by Crippen LogP contribution is 2.32. The van der Waals surface area contributed by atoms with Gasteiger partial charge in [0.05, 0.1) is 14.2 Å². The van der Waals surface area contributed by atoms with Gasteiger partial charge in [0.1, 0.15) is 5.70 Å². The van der Waals surface area contributed by atoms with Crippen LogP contribution in [0.15, 0.2) is 109 Å². The highest BCUT2D eigenvalue weighted by Gasteiger charge is 2.17. The molecule has 0 aliphatic rings. The first-order valence-corrected chi connectivity index (χ1v) is 12.9. The number of para-hydroxylation sites is 1. The van der Waals surface area contributed by atoms with E-state index < -0.39 is 11.8 Å². The maximum atomic E-state index is 13.4. The van der Waals surface area contributed by atoms with E-state index in [4.69, 9.17) is 9.47 Å². The van der Waals surface area contributed by atoms with E-state index in [1.54, 1.807) is 78.9 Å². The summed E-state index contributed by atoms with van der Waals surface area (Å²) in [5.74, 6) is -0.277. The van der Waals surface area contributed by atoms with Crippen LogP contribution in [-0.2, 0) is 4.79 Å². The lowest BCUT2D eigenvalue weighted by Gasteiger charge is -2.14. The van der Waals surface area contributed by atoms with E-state index in [2.05, 4.69) is 10.6 Å². The van der Waals surface area contributed by atoms with Crippen molar-refractivity contribution in [3.05, 3.63) is 137 Å². The van der Waals surface area contributed by atoms with Crippen molar-refractivity contribution in [2.45, 2.75) is 6.92 Å². The van der Waals surface area contributed by atoms with Crippen LogP contribution in [0.3, 0.4) is 0 Å². The predicted molar refractivity (Wildman–Crippen MR) is 161 cm³/mol. The van der Waals surface area contributed by atoms with E-state index in [1.807, 2.05) is 31.2 Å². The van der Waals surface area contributed by atoms with Crippen molar-refractivity contribution in [1.29, 1.82) is 0 Å². The Hall–Kier alpha value is -5.43. The molecule has 4 aromatic rings. The number of methoxy groups -OCH3 is 2. The number of carbonyl (C=O) groups excluding carboxylic acids is 3. The number of aryl methyl sites for hydroxylation is 1. The zero-order chi connectivity index (χ0) is 29.2. The maximum Gasteiger partial charge on any atom is 0.272 e. The predicted octanol–water partition coefficient (Wildman–Crippen LogP) is 6.32. The number of anilines is 1. The van der Waals surface area contributed by atoms with Crippen LogP contribution < -0.4 is 20.1 Å². The zero-order valence-electron chi connectivity index (χ0n) is 23.0. The topological polar surface area (TPSA) is 93.7 Å². The number of ether oxygens (including phenoxy) is 2. The molecule has 7 heteroatoms. The number of amides is 2. The van der Waals surface area contributed by atoms with Gasteiger partial charge in [-0.1, -0.05) is 66.2 Å². The van der Waals surface area contributed by atoms with Gasteiger partial charge in [-0.25, -0.2) is 0 Å². The van der Waals surface area contributed by atoms with Gasteiger partial charge in [-0.3, -0.25) is 14.4 Å². The van der Waals surface area contributed by atoms with Gasteiger partial charge in [-0.2, -0.15) is 0 Å². The first kappa shape index (κ1) is 28.6. The Bertz CT molecular complexity index is 1610. The number of nitrogens with one attached hydrogen (secondary N) is 2. The molecule has 0 aliphatic heterocycles. The minimum Gasteiger partial charge on any atom is -0.493 e. The molecule has 0 unspecified atom stereocenters. The molecule has 206 valence electrons. The second-order valence-electron chi connectivity index (χ2n) is 9.10. The Morgan fingerprint density at radius 2 is 1.49 bits per heavy atom. The summed E-state index contributed by atoms with van der Waals surface area (Å²) < 4.78 is 10.9. The maximum absolute atomic E-state index is 13.4. The Balaban J connectivity index is 1.56. The SMILES string of the molecule is COc1cccc(/C=C(\NC(=O)c2ccccc2)C(=O)Nc2ccc(C(=O)/C=C/c3cccc(C)c3)cc2)c1OC. The average Bonchev–Trinajstić information content (AvgIpc) is 3.00. The summed E-state index contributed by atoms with van der Waals surface area (Å²) in [5.41, 5.74) is 3.89. The molecule has 0 spiro atoms. The van der Waals surface area contributed by atoms with Crippen LogP contribution in [0, 0.1) is 6.92 Å². The van der Waals surface area contributed by atoms with Crippen LogP contribution in [0.1, 0.15) is 37.4 Å². The normalized spacial score (nSPS) is 11.1. The molecular weight excluding hydrogens is 516 g/mol. The Kier molecular flexibility index (Phi) is 9.46. The molecule has 0 saturated carbocycles. The molecule has 0 aliphatic carbocycles. The lowest BCUT2D eigenvalue weighted by Crippen LogP contribution is -2.30. The molecule has 4 rings (SSSR count). The van der Waals surface area contributed by atoms with E-state index in [1.165, 1.54) is 26.4 Å². The van der Waals surface area contributed by atoms with Crippen LogP contribution in [0.25, 0.3) is 12.2 Å². The molecule has 41 heavy (non-hydrogen) atoms. The Morgan fingerprint density at radius 3 is 2.17 bits per heavy atom. The van der Waals surface area contributed by atoms with Crippen LogP contribution >= 0.6 is 0 Å². The summed E-state index contributed by atoms with van der Waals surface area (Å²) in [7, 11) is 3.01. The third kappa shape index (κ3) is 7.58. The molecule has 0 fully saturated rings. The number of ketones is 1. The third-order valence-electron chi connectivity index (χ3n) is 6.16. The first-order chi connectivity index (χ1) is 19.9. The standard InChI is InChI=1S/C34H30N2O5/c1-23-9-7-10-24(21-23)15-20-30(37)25-16-18-28(19-17-25)35-34(39)29(36-33(38)26-11-5-4-6-12-26)22-27-13-8-14-31(40-2)32(27)41-3/h4-22H,1-3H3,(H,35,39)(H,36,38)/b20-15+,29-22-. The third-order valence-corrected chi connectivity index (χ3v) is 6.16. The molecule has 0 atom stereocenters. The van der Waals surface area contributed by atoms with Crippen LogP contribution in [-0.4, -0.2) is 31.8 Å². The van der Waals surface area contributed by atoms with Gasteiger partial charge in [-0.15, -0.1) is 0 Å². The molecule has 4 aromatic carbocycles. The van der Waals surface area contributed by atoms with Gasteiger partial charge in [0.15, 0.2) is 17.3 Å². The molecule has 2 N–H and O–H groups in total. The molecule has 0 radical (unpaired) electrons. The fourth-order valence-corrected chi connectivity index (χ4v) is 4.08. The quantitative estimate of drug-likeness (QED) is 0.179. The smallest absolute Gasteiger partial charge is 0.272 e. The summed E-state index contributed by atoms with van der Waals surface area (Å²) in [6.07, 6.45) is 4.81. The molecular formula is C34H30N2O5. The molecule has 0 bridgehead atoms. The van der Waals surface area contributed by atoms with Gasteiger partial charge in [-0.05, 0) is 67.1 Å². The summed E-state index contributed by atoms with van der Waals surface area (Å²) in [6.45, 7) is 1.99. The van der Waals surface area contributed by atoms with Gasteiger partial charge < -0.3 is 20.1 Å². The van der Waals surface area contributed by atoms with Crippen molar-refractivity contribution in [1.82, 2.24) is 5.32 Å². The first-order valence-electron chi connectivity index (χ1n) is 12.9. The fourth-order valence-electron chi connectivity index (χ4n) is 4.08. The number of hydrogen-bond acceptors (Lipinski definition) is 5. The van der Waals surface area contributed by atoms with Crippen molar-refractivity contribution in [2.24, 2.45) is 0 Å². The number of rotatable bonds is 10. The molecule has 2 amide bonds. The van der Waals surface area contributed by atoms with Gasteiger partial charge in [0.2, 0.25) is 0 Å². The Labute approximate surface area is 239 Å². The second kappa shape index (κ2) is 13.6. The molecule has 0 aromatic heterocycles. The minimum absolute atomic E-state index is 0.00773. The van der Waals surface area contributed by atoms with E-state index in [0.29, 0.717) is 33.9 Å². The second-order valence-corrected chi connectivity index (χ2v) is 9.10. The summed E-state index contributed by atoms with van der Waals surface area (Å²) in [6, 6.07) is 28.2. The van der Waals surface area contributed by atoms with Crippen LogP contribution in [0.5, 0.6) is 11.5 Å². The lowest BCUT2D eigenvalue weighted by molar-refractivity contribution is -0.113. The van der Waals surface area contributed by atoms with E-state index in [-0.39, 0.29) is 11.5 Å². The summed E-state index contributed by atoms with van der Waals surface area (Å²) in [4.78, 5) is 39.0. The highest BCUT2D eigenvalue weighted by molar-refractivity contribution is 6.11. The highest BCUT2D eigenvalue weighted by atomic mass is 16.5. The summed E-state index contributed by atoms with van der Waals surface area (Å²) in [5, 5.41) is 5.50. The fraction of sp³-hybridized carbons (Fsp3) is 0.0882. The largest absolute Gasteiger partial charge is 0.493 e. The van der Waals surface area contributed by atoms with E-state index >= 15 is 0 Å². The number of allylic oxidation sites excluding steroid dienone is 1. The average molecular weight is 547 g/mol. The number of hydrogen-bond donors (Lipinski definition) is 2. The van der Waals surface area contributed by atoms with Crippen molar-refractivity contribution in [3.63, 3.8) is 0 Å². The number of benzene rings is 4. The lowest BCUT2D eigenvalue weighted by atomic mass is 10.1. The monoisotopic (exact) mass is 546 g/mol. The van der Waals surface area contributed by atoms with Crippen LogP contribution in [0.4, 0.5) is 5.69 Å². The van der Waals surface area contributed by atoms with E-state index in [9.17, 15) is 14.4 Å². The molecule has 0 saturated heterocycles. The summed E-state index contributed by atoms with van der Waals surface area (Å²) >= 11 is 0. The van der Waals surface area contributed by atoms with Crippen molar-refractivity contribution >= 4 is 35.4 Å². The molecule has 0 heterocycles. The van der Waals surface area contributed by atoms with Crippen LogP contribution in [0.2, 0.25) is 0 Å². The van der Waals surface area contributed by atoms with E-state index in [0.717, 1.165) is 11.1 Å². The van der Waals surface area contributed by atoms with Gasteiger partial charge in [0, 0.05) is 22.4 Å². The van der Waals surface area contributed by atoms with Gasteiger partial charge in [0.25, 0.3) is 11.8 Å². The Morgan fingerprint density at radius 1 is 0.756 bits per heavy atom. The number of carbonyl (C=O) groups is 3. The van der Waals surface area contributed by atoms with Crippen molar-refractivity contribution in [2.75, 3.05) is 19.5 Å². The van der Waals surface area contributed by atoms with Gasteiger partial charge >= 0.3 is 0 Å².